The van der Waals surface area contributed by atoms with Gasteiger partial charge in [0.15, 0.2) is 0 Å². The fourth-order valence-corrected chi connectivity index (χ4v) is 1.19. The molecule has 1 rings (SSSR count). The maximum Gasteiger partial charge on any atom is 0.122 e. The lowest BCUT2D eigenvalue weighted by Gasteiger charge is -2.28. The second-order valence-corrected chi connectivity index (χ2v) is 2.89. The minimum Gasteiger partial charge on any atom is -0.315 e. The smallest absolute Gasteiger partial charge is 0.122 e. The first-order valence-electron chi connectivity index (χ1n) is 4.05. The summed E-state index contributed by atoms with van der Waals surface area (Å²) in [5.74, 6) is 0. The lowest BCUT2D eigenvalue weighted by atomic mass is 10.1. The van der Waals surface area contributed by atoms with Crippen LogP contribution in [0.3, 0.4) is 0 Å². The Bertz CT molecular complexity index is 106. The largest absolute Gasteiger partial charge is 0.315 e. The third-order valence-electron chi connectivity index (χ3n) is 1.92. The maximum atomic E-state index is 7.40. The van der Waals surface area contributed by atoms with Gasteiger partial charge < -0.3 is 10.2 Å². The second-order valence-electron chi connectivity index (χ2n) is 2.89. The number of hydrogen-bond donors (Lipinski definition) is 1. The third-order valence-corrected chi connectivity index (χ3v) is 1.92. The Morgan fingerprint density at radius 2 is 2.44 bits per heavy atom. The molecule has 9 heavy (non-hydrogen) atoms. The molecule has 0 radical (unpaired) electrons. The van der Waals surface area contributed by atoms with Crippen molar-refractivity contribution in [2.24, 2.45) is 0 Å². The first-order valence-corrected chi connectivity index (χ1v) is 3.60. The highest BCUT2D eigenvalue weighted by atomic mass is 15.1. The van der Waals surface area contributed by atoms with Crippen molar-refractivity contribution in [1.82, 2.24) is 10.2 Å². The maximum absolute atomic E-state index is 7.40. The predicted molar refractivity (Wildman–Crippen MR) is 39.6 cm³/mol. The van der Waals surface area contributed by atoms with Gasteiger partial charge in [0.25, 0.3) is 0 Å². The molecular formula is C7H16N2. The number of nitrogens with zero attached hydrogens (tertiary/aromatic N) is 1. The van der Waals surface area contributed by atoms with Crippen molar-refractivity contribution in [2.75, 3.05) is 27.2 Å². The molecule has 0 saturated carbocycles. The van der Waals surface area contributed by atoms with Gasteiger partial charge >= 0.3 is 0 Å². The topological polar surface area (TPSA) is 15.3 Å². The average Bonchev–Trinajstić information content (AvgIpc) is 1.88. The number of nitrogens with one attached hydrogen (secondary N) is 1. The van der Waals surface area contributed by atoms with Crippen molar-refractivity contribution in [2.45, 2.75) is 18.9 Å². The Morgan fingerprint density at radius 3 is 2.89 bits per heavy atom. The van der Waals surface area contributed by atoms with Gasteiger partial charge in [-0.15, -0.1) is 0 Å². The van der Waals surface area contributed by atoms with E-state index in [1.54, 1.807) is 5.31 Å². The Morgan fingerprint density at radius 1 is 1.67 bits per heavy atom. The van der Waals surface area contributed by atoms with Crippen LogP contribution in [-0.4, -0.2) is 38.1 Å². The fourth-order valence-electron chi connectivity index (χ4n) is 1.19. The van der Waals surface area contributed by atoms with Crippen LogP contribution >= 0.6 is 0 Å². The van der Waals surface area contributed by atoms with Crippen LogP contribution in [0.1, 0.15) is 12.8 Å². The van der Waals surface area contributed by atoms with Crippen LogP contribution in [0.25, 0.3) is 0 Å². The monoisotopic (exact) mass is 129 g/mol. The van der Waals surface area contributed by atoms with E-state index in [-0.39, 0.29) is 0 Å². The van der Waals surface area contributed by atoms with Crippen LogP contribution in [0.4, 0.5) is 0 Å². The van der Waals surface area contributed by atoms with E-state index in [0.29, 0.717) is 6.04 Å². The van der Waals surface area contributed by atoms with Crippen LogP contribution in [-0.2, 0) is 0 Å². The predicted octanol–water partition coefficient (Wildman–Crippen LogP) is 0.300. The average molecular weight is 129 g/mol. The van der Waals surface area contributed by atoms with Crippen molar-refractivity contribution in [3.63, 3.8) is 0 Å². The quantitative estimate of drug-likeness (QED) is 0.548. The van der Waals surface area contributed by atoms with Gasteiger partial charge in [-0.25, -0.2) is 0 Å². The molecule has 0 bridgehead atoms. The molecule has 0 aromatic heterocycles. The van der Waals surface area contributed by atoms with Crippen molar-refractivity contribution in [1.29, 1.82) is 0 Å². The summed E-state index contributed by atoms with van der Waals surface area (Å²) in [5, 5.41) is 1.66. The summed E-state index contributed by atoms with van der Waals surface area (Å²) in [4.78, 5) is 2.21. The van der Waals surface area contributed by atoms with Crippen molar-refractivity contribution in [3.8, 4) is 0 Å². The van der Waals surface area contributed by atoms with E-state index in [2.05, 4.69) is 19.0 Å². The van der Waals surface area contributed by atoms with Gasteiger partial charge in [-0.1, -0.05) is 0 Å². The minimum absolute atomic E-state index is 0.603. The normalized spacial score (nSPS) is 32.8. The number of likely N-dealkylation sites (N-methyl/N-ethyl adjacent to an activating group) is 1. The van der Waals surface area contributed by atoms with Gasteiger partial charge in [0, 0.05) is 12.6 Å². The lowest BCUT2D eigenvalue weighted by molar-refractivity contribution is 0.242. The van der Waals surface area contributed by atoms with Crippen LogP contribution in [0.15, 0.2) is 0 Å². The first-order chi connectivity index (χ1) is 4.70. The summed E-state index contributed by atoms with van der Waals surface area (Å²) in [6.45, 7) is 1.86. The standard InChI is InChI=1S/C7H16N2/c1-9(2)7-4-3-5-8-6-7/h7-8H,3-6H2,1-2H3/t7-/m0/s1/i/hD. The first kappa shape index (κ1) is 5.69. The fraction of sp³-hybridized carbons (Fsp3) is 1.00. The molecule has 0 spiro atoms. The number of hydrogen-bond acceptors (Lipinski definition) is 2. The second kappa shape index (κ2) is 3.18. The third kappa shape index (κ3) is 1.95. The molecule has 0 aliphatic carbocycles. The van der Waals surface area contributed by atoms with Gasteiger partial charge in [0.05, 0.1) is 0 Å². The molecule has 1 saturated heterocycles. The van der Waals surface area contributed by atoms with Gasteiger partial charge in [-0.3, -0.25) is 0 Å². The van der Waals surface area contributed by atoms with E-state index < -0.39 is 0 Å². The van der Waals surface area contributed by atoms with Crippen LogP contribution in [0.2, 0.25) is 1.41 Å². The van der Waals surface area contributed by atoms with E-state index in [0.717, 1.165) is 13.1 Å². The van der Waals surface area contributed by atoms with Crippen molar-refractivity contribution >= 4 is 0 Å². The summed E-state index contributed by atoms with van der Waals surface area (Å²) in [7, 11) is 4.17. The summed E-state index contributed by atoms with van der Waals surface area (Å²) in [6, 6.07) is 0.603. The minimum atomic E-state index is 0.603. The molecular weight excluding hydrogens is 112 g/mol. The van der Waals surface area contributed by atoms with E-state index >= 15 is 0 Å². The van der Waals surface area contributed by atoms with E-state index in [1.165, 1.54) is 12.8 Å². The highest BCUT2D eigenvalue weighted by Crippen LogP contribution is 2.05. The highest BCUT2D eigenvalue weighted by Gasteiger charge is 2.13. The zero-order valence-electron chi connectivity index (χ0n) is 7.30. The summed E-state index contributed by atoms with van der Waals surface area (Å²) in [6.07, 6.45) is 2.43. The van der Waals surface area contributed by atoms with Crippen LogP contribution < -0.4 is 5.31 Å². The molecule has 1 heterocycles. The summed E-state index contributed by atoms with van der Waals surface area (Å²) < 4.78 is 7.40. The molecule has 2 heteroatoms. The van der Waals surface area contributed by atoms with Crippen molar-refractivity contribution in [3.05, 3.63) is 0 Å². The highest BCUT2D eigenvalue weighted by molar-refractivity contribution is 4.73. The van der Waals surface area contributed by atoms with Crippen LogP contribution in [0.5, 0.6) is 0 Å². The molecule has 0 aromatic carbocycles. The van der Waals surface area contributed by atoms with Crippen LogP contribution in [0, 0.1) is 0 Å². The Hall–Kier alpha value is -0.0800. The zero-order valence-corrected chi connectivity index (χ0v) is 6.30. The molecule has 0 unspecified atom stereocenters. The molecule has 54 valence electrons. The Kier molecular flexibility index (Phi) is 2.01. The molecule has 1 atom stereocenters. The number of piperidine rings is 1. The van der Waals surface area contributed by atoms with E-state index in [9.17, 15) is 0 Å². The lowest BCUT2D eigenvalue weighted by Crippen LogP contribution is -2.42. The summed E-state index contributed by atoms with van der Waals surface area (Å²) in [5.41, 5.74) is 0. The Balaban J connectivity index is 2.32. The molecule has 1 aliphatic rings. The molecule has 0 aromatic rings. The SMILES string of the molecule is [2H]N1CCC[C@H](N(C)C)C1. The van der Waals surface area contributed by atoms with Gasteiger partial charge in [0.2, 0.25) is 0 Å². The zero-order chi connectivity index (χ0) is 7.56. The number of rotatable bonds is 1. The molecule has 1 fully saturated rings. The molecule has 0 amide bonds. The summed E-state index contributed by atoms with van der Waals surface area (Å²) >= 11 is 0. The van der Waals surface area contributed by atoms with Gasteiger partial charge in [-0.2, -0.15) is 0 Å². The molecule has 1 aliphatic heterocycles. The van der Waals surface area contributed by atoms with Gasteiger partial charge in [-0.05, 0) is 33.5 Å². The van der Waals surface area contributed by atoms with Crippen molar-refractivity contribution < 1.29 is 1.41 Å². The van der Waals surface area contributed by atoms with E-state index in [4.69, 9.17) is 1.41 Å². The Labute approximate surface area is 58.7 Å². The molecule has 2 nitrogen and oxygen atoms in total. The molecule has 1 N–H and O–H groups in total. The van der Waals surface area contributed by atoms with E-state index in [1.807, 2.05) is 0 Å². The van der Waals surface area contributed by atoms with Gasteiger partial charge in [0.1, 0.15) is 1.41 Å².